The van der Waals surface area contributed by atoms with Crippen molar-refractivity contribution >= 4 is 22.4 Å². The van der Waals surface area contributed by atoms with Gasteiger partial charge < -0.3 is 4.74 Å². The van der Waals surface area contributed by atoms with Gasteiger partial charge in [-0.2, -0.15) is 0 Å². The largest absolute Gasteiger partial charge is 0.497 e. The predicted octanol–water partition coefficient (Wildman–Crippen LogP) is 1.39. The van der Waals surface area contributed by atoms with Crippen molar-refractivity contribution < 1.29 is 18.5 Å². The number of ketones is 2. The summed E-state index contributed by atoms with van der Waals surface area (Å²) in [5.41, 5.74) is 0. The standard InChI is InChI=1S/C13H10O4S/c1-17-10-3-5-11(6-4-10)18(16)13-8-9(14)2-7-12(13)15/h2-8H,1H3. The van der Waals surface area contributed by atoms with Crippen LogP contribution >= 0.6 is 0 Å². The second-order valence-electron chi connectivity index (χ2n) is 3.55. The summed E-state index contributed by atoms with van der Waals surface area (Å²) in [5.74, 6) is -0.0918. The molecule has 0 N–H and O–H groups in total. The summed E-state index contributed by atoms with van der Waals surface area (Å²) in [5, 5.41) is 0. The number of carbonyl (C=O) groups excluding carboxylic acids is 2. The Kier molecular flexibility index (Phi) is 3.53. The zero-order chi connectivity index (χ0) is 13.1. The van der Waals surface area contributed by atoms with Gasteiger partial charge in [0.25, 0.3) is 0 Å². The molecule has 0 aliphatic heterocycles. The lowest BCUT2D eigenvalue weighted by atomic mass is 10.2. The van der Waals surface area contributed by atoms with Crippen molar-refractivity contribution in [1.82, 2.24) is 0 Å². The first kappa shape index (κ1) is 12.4. The number of carbonyl (C=O) groups is 2. The molecule has 1 aliphatic rings. The number of methoxy groups -OCH3 is 1. The number of allylic oxidation sites excluding steroid dienone is 4. The Morgan fingerprint density at radius 3 is 2.33 bits per heavy atom. The Morgan fingerprint density at radius 2 is 1.72 bits per heavy atom. The van der Waals surface area contributed by atoms with E-state index in [1.165, 1.54) is 7.11 Å². The second kappa shape index (κ2) is 5.10. The van der Waals surface area contributed by atoms with Gasteiger partial charge >= 0.3 is 0 Å². The van der Waals surface area contributed by atoms with E-state index in [9.17, 15) is 13.8 Å². The van der Waals surface area contributed by atoms with E-state index in [1.54, 1.807) is 24.3 Å². The van der Waals surface area contributed by atoms with Crippen LogP contribution < -0.4 is 4.74 Å². The summed E-state index contributed by atoms with van der Waals surface area (Å²) >= 11 is 0. The van der Waals surface area contributed by atoms with Crippen molar-refractivity contribution in [3.8, 4) is 5.75 Å². The van der Waals surface area contributed by atoms with Crippen LogP contribution in [0.5, 0.6) is 5.75 Å². The molecule has 18 heavy (non-hydrogen) atoms. The molecule has 0 saturated heterocycles. The SMILES string of the molecule is COc1ccc(S(=O)C2=CC(=O)C=CC2=O)cc1. The Morgan fingerprint density at radius 1 is 1.06 bits per heavy atom. The summed E-state index contributed by atoms with van der Waals surface area (Å²) in [6, 6.07) is 6.51. The molecule has 0 radical (unpaired) electrons. The van der Waals surface area contributed by atoms with Gasteiger partial charge in [0.15, 0.2) is 11.6 Å². The average molecular weight is 262 g/mol. The molecule has 0 amide bonds. The molecule has 4 nitrogen and oxygen atoms in total. The lowest BCUT2D eigenvalue weighted by Gasteiger charge is -2.07. The minimum Gasteiger partial charge on any atom is -0.497 e. The molecular weight excluding hydrogens is 252 g/mol. The van der Waals surface area contributed by atoms with E-state index in [1.807, 2.05) is 0 Å². The van der Waals surface area contributed by atoms with Crippen LogP contribution in [-0.2, 0) is 20.4 Å². The molecule has 0 heterocycles. The molecule has 1 atom stereocenters. The Labute approximate surface area is 106 Å². The van der Waals surface area contributed by atoms with E-state index < -0.39 is 16.6 Å². The number of hydrogen-bond acceptors (Lipinski definition) is 4. The van der Waals surface area contributed by atoms with Crippen LogP contribution in [-0.4, -0.2) is 22.9 Å². The van der Waals surface area contributed by atoms with Crippen LogP contribution in [0.2, 0.25) is 0 Å². The third-order valence-corrected chi connectivity index (χ3v) is 3.81. The number of ether oxygens (including phenoxy) is 1. The first-order valence-electron chi connectivity index (χ1n) is 5.15. The topological polar surface area (TPSA) is 60.4 Å². The minimum atomic E-state index is -1.65. The predicted molar refractivity (Wildman–Crippen MR) is 66.6 cm³/mol. The van der Waals surface area contributed by atoms with Gasteiger partial charge in [0.05, 0.1) is 22.8 Å². The second-order valence-corrected chi connectivity index (χ2v) is 5.00. The van der Waals surface area contributed by atoms with Crippen molar-refractivity contribution in [3.63, 3.8) is 0 Å². The Balaban J connectivity index is 2.31. The average Bonchev–Trinajstić information content (AvgIpc) is 2.41. The monoisotopic (exact) mass is 262 g/mol. The highest BCUT2D eigenvalue weighted by Gasteiger charge is 2.20. The Hall–Kier alpha value is -2.01. The number of rotatable bonds is 3. The normalized spacial score (nSPS) is 16.4. The molecule has 1 aromatic rings. The maximum absolute atomic E-state index is 12.2. The zero-order valence-electron chi connectivity index (χ0n) is 9.58. The van der Waals surface area contributed by atoms with Gasteiger partial charge in [-0.1, -0.05) is 0 Å². The van der Waals surface area contributed by atoms with Crippen LogP contribution in [0.25, 0.3) is 0 Å². The maximum Gasteiger partial charge on any atom is 0.195 e. The van der Waals surface area contributed by atoms with E-state index in [0.29, 0.717) is 10.6 Å². The maximum atomic E-state index is 12.2. The van der Waals surface area contributed by atoms with Gasteiger partial charge in [-0.05, 0) is 36.4 Å². The summed E-state index contributed by atoms with van der Waals surface area (Å²) in [6.07, 6.45) is 3.42. The van der Waals surface area contributed by atoms with Crippen molar-refractivity contribution in [3.05, 3.63) is 47.4 Å². The van der Waals surface area contributed by atoms with Gasteiger partial charge in [-0.15, -0.1) is 0 Å². The smallest absolute Gasteiger partial charge is 0.195 e. The summed E-state index contributed by atoms with van der Waals surface area (Å²) in [4.78, 5) is 23.2. The first-order valence-corrected chi connectivity index (χ1v) is 6.30. The van der Waals surface area contributed by atoms with Gasteiger partial charge in [0, 0.05) is 11.0 Å². The third kappa shape index (κ3) is 2.46. The van der Waals surface area contributed by atoms with Gasteiger partial charge in [0.2, 0.25) is 0 Å². The zero-order valence-corrected chi connectivity index (χ0v) is 10.4. The lowest BCUT2D eigenvalue weighted by Crippen LogP contribution is -2.12. The van der Waals surface area contributed by atoms with E-state index in [-0.39, 0.29) is 10.7 Å². The third-order valence-electron chi connectivity index (χ3n) is 2.39. The fourth-order valence-corrected chi connectivity index (χ4v) is 2.57. The van der Waals surface area contributed by atoms with Crippen LogP contribution in [0.4, 0.5) is 0 Å². The fraction of sp³-hybridized carbons (Fsp3) is 0.0769. The van der Waals surface area contributed by atoms with Crippen LogP contribution in [0.3, 0.4) is 0 Å². The van der Waals surface area contributed by atoms with Gasteiger partial charge in [0.1, 0.15) is 5.75 Å². The quantitative estimate of drug-likeness (QED) is 0.772. The van der Waals surface area contributed by atoms with Crippen molar-refractivity contribution in [2.24, 2.45) is 0 Å². The van der Waals surface area contributed by atoms with Crippen LogP contribution in [0.15, 0.2) is 52.3 Å². The van der Waals surface area contributed by atoms with Crippen molar-refractivity contribution in [1.29, 1.82) is 0 Å². The molecular formula is C13H10O4S. The molecule has 0 spiro atoms. The minimum absolute atomic E-state index is 0.00710. The molecule has 1 unspecified atom stereocenters. The molecule has 2 rings (SSSR count). The summed E-state index contributed by atoms with van der Waals surface area (Å²) in [6.45, 7) is 0. The van der Waals surface area contributed by atoms with Crippen LogP contribution in [0, 0.1) is 0 Å². The molecule has 92 valence electrons. The molecule has 0 saturated carbocycles. The van der Waals surface area contributed by atoms with Gasteiger partial charge in [-0.25, -0.2) is 4.21 Å². The van der Waals surface area contributed by atoms with Gasteiger partial charge in [-0.3, -0.25) is 9.59 Å². The highest BCUT2D eigenvalue weighted by atomic mass is 32.2. The molecule has 5 heteroatoms. The molecule has 0 fully saturated rings. The highest BCUT2D eigenvalue weighted by Crippen LogP contribution is 2.20. The first-order chi connectivity index (χ1) is 8.61. The van der Waals surface area contributed by atoms with E-state index >= 15 is 0 Å². The van der Waals surface area contributed by atoms with Crippen LogP contribution in [0.1, 0.15) is 0 Å². The number of hydrogen-bond donors (Lipinski definition) is 0. The summed E-state index contributed by atoms with van der Waals surface area (Å²) < 4.78 is 17.1. The molecule has 0 aromatic heterocycles. The van der Waals surface area contributed by atoms with E-state index in [2.05, 4.69) is 0 Å². The molecule has 1 aliphatic carbocycles. The Bertz CT molecular complexity index is 582. The lowest BCUT2D eigenvalue weighted by molar-refractivity contribution is -0.114. The fourth-order valence-electron chi connectivity index (χ4n) is 1.46. The summed E-state index contributed by atoms with van der Waals surface area (Å²) in [7, 11) is -0.117. The van der Waals surface area contributed by atoms with Crippen molar-refractivity contribution in [2.75, 3.05) is 7.11 Å². The van der Waals surface area contributed by atoms with E-state index in [0.717, 1.165) is 18.2 Å². The molecule has 0 bridgehead atoms. The highest BCUT2D eigenvalue weighted by molar-refractivity contribution is 7.90. The van der Waals surface area contributed by atoms with E-state index in [4.69, 9.17) is 4.74 Å². The van der Waals surface area contributed by atoms with Crippen molar-refractivity contribution in [2.45, 2.75) is 4.90 Å². The molecule has 1 aromatic carbocycles. The number of benzene rings is 1.